The molecule has 0 aromatic heterocycles. The van der Waals surface area contributed by atoms with Gasteiger partial charge >= 0.3 is 6.09 Å². The molecule has 0 unspecified atom stereocenters. The van der Waals surface area contributed by atoms with E-state index in [1.807, 2.05) is 6.07 Å². The second-order valence-electron chi connectivity index (χ2n) is 5.19. The Kier molecular flexibility index (Phi) is 4.30. The molecule has 0 fully saturated rings. The predicted octanol–water partition coefficient (Wildman–Crippen LogP) is 2.46. The fourth-order valence-electron chi connectivity index (χ4n) is 2.35. The van der Waals surface area contributed by atoms with Crippen LogP contribution in [0.4, 0.5) is 16.2 Å². The summed E-state index contributed by atoms with van der Waals surface area (Å²) in [6.45, 7) is 0.507. The lowest BCUT2D eigenvalue weighted by molar-refractivity contribution is 0.215. The van der Waals surface area contributed by atoms with Crippen molar-refractivity contribution in [2.75, 3.05) is 29.0 Å². The van der Waals surface area contributed by atoms with E-state index in [2.05, 4.69) is 5.32 Å². The largest absolute Gasteiger partial charge is 0.489 e. The fourth-order valence-corrected chi connectivity index (χ4v) is 3.26. The van der Waals surface area contributed by atoms with Gasteiger partial charge in [0.15, 0.2) is 0 Å². The van der Waals surface area contributed by atoms with Crippen molar-refractivity contribution >= 4 is 27.5 Å². The molecule has 0 atom stereocenters. The van der Waals surface area contributed by atoms with Crippen molar-refractivity contribution < 1.29 is 22.7 Å². The third kappa shape index (κ3) is 3.60. The van der Waals surface area contributed by atoms with Gasteiger partial charge in [0.1, 0.15) is 18.1 Å². The molecule has 24 heavy (non-hydrogen) atoms. The summed E-state index contributed by atoms with van der Waals surface area (Å²) in [4.78, 5) is 11.9. The first kappa shape index (κ1) is 16.1. The minimum Gasteiger partial charge on any atom is -0.489 e. The molecular weight excluding hydrogens is 332 g/mol. The van der Waals surface area contributed by atoms with Crippen LogP contribution in [0.15, 0.2) is 48.5 Å². The maximum absolute atomic E-state index is 11.9. The van der Waals surface area contributed by atoms with Crippen LogP contribution in [0, 0.1) is 0 Å². The van der Waals surface area contributed by atoms with Gasteiger partial charge in [-0.1, -0.05) is 18.2 Å². The highest BCUT2D eigenvalue weighted by molar-refractivity contribution is 7.92. The minimum absolute atomic E-state index is 0.226. The SMILES string of the molecule is CS(=O)(=O)N1CCOc2ccc(NC(=O)Oc3ccccc3)cc21. The van der Waals surface area contributed by atoms with Crippen LogP contribution in [0.25, 0.3) is 0 Å². The lowest BCUT2D eigenvalue weighted by Crippen LogP contribution is -2.37. The Morgan fingerprint density at radius 1 is 1.21 bits per heavy atom. The predicted molar refractivity (Wildman–Crippen MR) is 90.2 cm³/mol. The third-order valence-corrected chi connectivity index (χ3v) is 4.56. The smallest absolute Gasteiger partial charge is 0.417 e. The molecule has 0 saturated carbocycles. The fraction of sp³-hybridized carbons (Fsp3) is 0.188. The number of carbonyl (C=O) groups is 1. The van der Waals surface area contributed by atoms with Crippen molar-refractivity contribution in [3.8, 4) is 11.5 Å². The van der Waals surface area contributed by atoms with Crippen LogP contribution in [-0.2, 0) is 10.0 Å². The summed E-state index contributed by atoms with van der Waals surface area (Å²) in [5.41, 5.74) is 0.801. The van der Waals surface area contributed by atoms with Crippen molar-refractivity contribution in [3.63, 3.8) is 0 Å². The van der Waals surface area contributed by atoms with Crippen LogP contribution in [0.3, 0.4) is 0 Å². The normalized spacial score (nSPS) is 13.6. The molecule has 0 saturated heterocycles. The molecule has 0 spiro atoms. The molecule has 0 bridgehead atoms. The molecule has 1 aliphatic heterocycles. The summed E-state index contributed by atoms with van der Waals surface area (Å²) in [6.07, 6.45) is 0.468. The van der Waals surface area contributed by atoms with Gasteiger partial charge in [-0.25, -0.2) is 13.2 Å². The van der Waals surface area contributed by atoms with E-state index < -0.39 is 16.1 Å². The van der Waals surface area contributed by atoms with Crippen molar-refractivity contribution in [2.45, 2.75) is 0 Å². The van der Waals surface area contributed by atoms with Crippen LogP contribution in [-0.4, -0.2) is 33.9 Å². The number of para-hydroxylation sites is 1. The number of benzene rings is 2. The zero-order valence-electron chi connectivity index (χ0n) is 12.9. The average Bonchev–Trinajstić information content (AvgIpc) is 2.54. The van der Waals surface area contributed by atoms with Gasteiger partial charge in [-0.2, -0.15) is 0 Å². The molecule has 3 rings (SSSR count). The number of ether oxygens (including phenoxy) is 2. The quantitative estimate of drug-likeness (QED) is 0.921. The van der Waals surface area contributed by atoms with Gasteiger partial charge < -0.3 is 9.47 Å². The first-order valence-corrected chi connectivity index (χ1v) is 9.07. The Bertz CT molecular complexity index is 852. The molecule has 8 heteroatoms. The number of hydrogen-bond donors (Lipinski definition) is 1. The van der Waals surface area contributed by atoms with E-state index >= 15 is 0 Å². The maximum atomic E-state index is 11.9. The first-order valence-electron chi connectivity index (χ1n) is 7.22. The summed E-state index contributed by atoms with van der Waals surface area (Å²) in [6, 6.07) is 13.4. The van der Waals surface area contributed by atoms with E-state index in [0.29, 0.717) is 22.9 Å². The summed E-state index contributed by atoms with van der Waals surface area (Å²) in [5, 5.41) is 2.57. The summed E-state index contributed by atoms with van der Waals surface area (Å²) in [5.74, 6) is 0.864. The zero-order chi connectivity index (χ0) is 17.2. The first-order chi connectivity index (χ1) is 11.4. The third-order valence-electron chi connectivity index (χ3n) is 3.38. The molecule has 2 aromatic carbocycles. The van der Waals surface area contributed by atoms with Crippen molar-refractivity contribution in [1.29, 1.82) is 0 Å². The molecule has 7 nitrogen and oxygen atoms in total. The van der Waals surface area contributed by atoms with E-state index in [-0.39, 0.29) is 13.2 Å². The highest BCUT2D eigenvalue weighted by Crippen LogP contribution is 2.35. The van der Waals surface area contributed by atoms with Crippen LogP contribution in [0.5, 0.6) is 11.5 Å². The number of anilines is 2. The Labute approximate surface area is 139 Å². The molecule has 1 N–H and O–H groups in total. The Hall–Kier alpha value is -2.74. The molecule has 0 aliphatic carbocycles. The highest BCUT2D eigenvalue weighted by atomic mass is 32.2. The number of rotatable bonds is 3. The second kappa shape index (κ2) is 6.40. The Morgan fingerprint density at radius 3 is 2.67 bits per heavy atom. The van der Waals surface area contributed by atoms with Crippen LogP contribution in [0.1, 0.15) is 0 Å². The lowest BCUT2D eigenvalue weighted by Gasteiger charge is -2.29. The monoisotopic (exact) mass is 348 g/mol. The van der Waals surface area contributed by atoms with Gasteiger partial charge in [0, 0.05) is 5.69 Å². The molecule has 1 aliphatic rings. The number of nitrogens with zero attached hydrogens (tertiary/aromatic N) is 1. The number of hydrogen-bond acceptors (Lipinski definition) is 5. The summed E-state index contributed by atoms with van der Waals surface area (Å²) >= 11 is 0. The second-order valence-corrected chi connectivity index (χ2v) is 7.10. The van der Waals surface area contributed by atoms with Gasteiger partial charge in [0.05, 0.1) is 18.5 Å². The van der Waals surface area contributed by atoms with Crippen molar-refractivity contribution in [2.24, 2.45) is 0 Å². The van der Waals surface area contributed by atoms with E-state index in [4.69, 9.17) is 9.47 Å². The summed E-state index contributed by atoms with van der Waals surface area (Å²) < 4.78 is 35.6. The number of sulfonamides is 1. The number of nitrogens with one attached hydrogen (secondary N) is 1. The van der Waals surface area contributed by atoms with E-state index in [9.17, 15) is 13.2 Å². The maximum Gasteiger partial charge on any atom is 0.417 e. The van der Waals surface area contributed by atoms with Crippen LogP contribution < -0.4 is 19.1 Å². The number of carbonyl (C=O) groups excluding carboxylic acids is 1. The lowest BCUT2D eigenvalue weighted by atomic mass is 10.2. The van der Waals surface area contributed by atoms with Gasteiger partial charge in [0.2, 0.25) is 10.0 Å². The Balaban J connectivity index is 1.79. The van der Waals surface area contributed by atoms with E-state index in [0.717, 1.165) is 6.26 Å². The van der Waals surface area contributed by atoms with Gasteiger partial charge in [-0.05, 0) is 30.3 Å². The molecule has 0 radical (unpaired) electrons. The van der Waals surface area contributed by atoms with E-state index in [1.165, 1.54) is 4.31 Å². The summed E-state index contributed by atoms with van der Waals surface area (Å²) in [7, 11) is -3.42. The van der Waals surface area contributed by atoms with Gasteiger partial charge in [-0.3, -0.25) is 9.62 Å². The topological polar surface area (TPSA) is 84.9 Å². The van der Waals surface area contributed by atoms with Gasteiger partial charge in [0.25, 0.3) is 0 Å². The zero-order valence-corrected chi connectivity index (χ0v) is 13.7. The number of fused-ring (bicyclic) bond motifs is 1. The molecule has 1 heterocycles. The van der Waals surface area contributed by atoms with Crippen LogP contribution in [0.2, 0.25) is 0 Å². The van der Waals surface area contributed by atoms with Crippen molar-refractivity contribution in [1.82, 2.24) is 0 Å². The van der Waals surface area contributed by atoms with Crippen LogP contribution >= 0.6 is 0 Å². The molecular formula is C16H16N2O5S. The minimum atomic E-state index is -3.42. The molecule has 126 valence electrons. The van der Waals surface area contributed by atoms with E-state index in [1.54, 1.807) is 42.5 Å². The molecule has 2 aromatic rings. The van der Waals surface area contributed by atoms with Crippen molar-refractivity contribution in [3.05, 3.63) is 48.5 Å². The Morgan fingerprint density at radius 2 is 1.96 bits per heavy atom. The number of amides is 1. The standard InChI is InChI=1S/C16H16N2O5S/c1-24(20,21)18-9-10-22-15-8-7-12(11-14(15)18)17-16(19)23-13-5-3-2-4-6-13/h2-8,11H,9-10H2,1H3,(H,17,19). The van der Waals surface area contributed by atoms with Gasteiger partial charge in [-0.15, -0.1) is 0 Å². The average molecular weight is 348 g/mol. The highest BCUT2D eigenvalue weighted by Gasteiger charge is 2.25. The molecule has 1 amide bonds.